The minimum atomic E-state index is -1.43. The van der Waals surface area contributed by atoms with Crippen LogP contribution in [0.5, 0.6) is 0 Å². The maximum absolute atomic E-state index is 11.5. The Morgan fingerprint density at radius 3 is 2.35 bits per heavy atom. The molecular weight excluding hydrogens is 310 g/mol. The average molecular weight is 329 g/mol. The molecule has 0 aliphatic carbocycles. The van der Waals surface area contributed by atoms with E-state index in [2.05, 4.69) is 10.0 Å². The van der Waals surface area contributed by atoms with Crippen molar-refractivity contribution in [3.8, 4) is 0 Å². The van der Waals surface area contributed by atoms with Gasteiger partial charge >= 0.3 is 11.9 Å². The molecule has 10 heteroatoms. The Kier molecular flexibility index (Phi) is 4.81. The van der Waals surface area contributed by atoms with Gasteiger partial charge in [0.05, 0.1) is 6.61 Å². The van der Waals surface area contributed by atoms with Gasteiger partial charge in [0.25, 0.3) is 0 Å². The largest absolute Gasteiger partial charge is 0.458 e. The summed E-state index contributed by atoms with van der Waals surface area (Å²) in [6.45, 7) is 5.66. The van der Waals surface area contributed by atoms with E-state index in [1.165, 1.54) is 13.8 Å². The van der Waals surface area contributed by atoms with Crippen molar-refractivity contribution in [3.63, 3.8) is 0 Å². The molecule has 1 spiro atoms. The van der Waals surface area contributed by atoms with Crippen molar-refractivity contribution in [2.24, 2.45) is 5.11 Å². The van der Waals surface area contributed by atoms with E-state index >= 15 is 0 Å². The molecule has 0 saturated carbocycles. The van der Waals surface area contributed by atoms with Crippen molar-refractivity contribution in [2.45, 2.75) is 57.5 Å². The normalized spacial score (nSPS) is 35.4. The van der Waals surface area contributed by atoms with Crippen molar-refractivity contribution < 1.29 is 33.3 Å². The van der Waals surface area contributed by atoms with Crippen LogP contribution in [0.4, 0.5) is 0 Å². The summed E-state index contributed by atoms with van der Waals surface area (Å²) >= 11 is 0. The summed E-state index contributed by atoms with van der Waals surface area (Å²) < 4.78 is 27.5. The third-order valence-electron chi connectivity index (χ3n) is 3.44. The average Bonchev–Trinajstić information content (AvgIpc) is 2.73. The molecule has 23 heavy (non-hydrogen) atoms. The van der Waals surface area contributed by atoms with E-state index in [0.29, 0.717) is 0 Å². The van der Waals surface area contributed by atoms with Crippen molar-refractivity contribution in [1.82, 2.24) is 0 Å². The Hall–Kier alpha value is -1.87. The first-order valence-electron chi connectivity index (χ1n) is 7.06. The lowest BCUT2D eigenvalue weighted by atomic mass is 9.95. The zero-order valence-corrected chi connectivity index (χ0v) is 13.3. The van der Waals surface area contributed by atoms with E-state index in [1.807, 2.05) is 0 Å². The molecule has 2 aliphatic heterocycles. The number of ether oxygens (including phenoxy) is 5. The second kappa shape index (κ2) is 6.32. The molecular formula is C13H19N3O7. The Morgan fingerprint density at radius 2 is 1.87 bits per heavy atom. The molecule has 0 aromatic rings. The van der Waals surface area contributed by atoms with Gasteiger partial charge in [-0.1, -0.05) is 5.11 Å². The molecule has 0 bridgehead atoms. The first kappa shape index (κ1) is 17.5. The van der Waals surface area contributed by atoms with Gasteiger partial charge in [-0.25, -0.2) is 0 Å². The first-order chi connectivity index (χ1) is 10.7. The number of azide groups is 1. The Morgan fingerprint density at radius 1 is 1.22 bits per heavy atom. The van der Waals surface area contributed by atoms with Crippen molar-refractivity contribution in [2.75, 3.05) is 13.2 Å². The van der Waals surface area contributed by atoms with Crippen LogP contribution in [0.25, 0.3) is 10.4 Å². The number of hydrogen-bond acceptors (Lipinski definition) is 8. The lowest BCUT2D eigenvalue weighted by Crippen LogP contribution is -2.64. The van der Waals surface area contributed by atoms with Crippen LogP contribution in [-0.4, -0.2) is 55.0 Å². The van der Waals surface area contributed by atoms with Crippen LogP contribution in [0.3, 0.4) is 0 Å². The highest BCUT2D eigenvalue weighted by atomic mass is 16.8. The third kappa shape index (κ3) is 3.73. The molecule has 0 aromatic heterocycles. The van der Waals surface area contributed by atoms with Crippen LogP contribution in [-0.2, 0) is 33.3 Å². The standard InChI is InChI=1S/C13H19N3O7/c1-7(17)21-10-9(15-16-14)5-19-13(11(10)22-8(2)18)6-20-12(3,4)23-13/h9-11H,5-6H2,1-4H3/t9-,10?,11?,13-/m0/s1. The van der Waals surface area contributed by atoms with E-state index in [-0.39, 0.29) is 13.2 Å². The van der Waals surface area contributed by atoms with Crippen molar-refractivity contribution >= 4 is 11.9 Å². The van der Waals surface area contributed by atoms with Crippen LogP contribution in [0, 0.1) is 0 Å². The Balaban J connectivity index is 2.39. The number of carbonyl (C=O) groups excluding carboxylic acids is 2. The van der Waals surface area contributed by atoms with Gasteiger partial charge in [0.15, 0.2) is 18.0 Å². The minimum absolute atomic E-state index is 0.0291. The summed E-state index contributed by atoms with van der Waals surface area (Å²) in [7, 11) is 0. The highest BCUT2D eigenvalue weighted by molar-refractivity contribution is 5.67. The molecule has 0 amide bonds. The van der Waals surface area contributed by atoms with Gasteiger partial charge in [0, 0.05) is 18.8 Å². The highest BCUT2D eigenvalue weighted by Gasteiger charge is 2.61. The fourth-order valence-electron chi connectivity index (χ4n) is 2.65. The number of carbonyl (C=O) groups is 2. The van der Waals surface area contributed by atoms with Gasteiger partial charge in [-0.2, -0.15) is 0 Å². The third-order valence-corrected chi connectivity index (χ3v) is 3.44. The van der Waals surface area contributed by atoms with Crippen LogP contribution < -0.4 is 0 Å². The van der Waals surface area contributed by atoms with Crippen molar-refractivity contribution in [1.29, 1.82) is 0 Å². The molecule has 2 aliphatic rings. The van der Waals surface area contributed by atoms with E-state index in [4.69, 9.17) is 29.2 Å². The zero-order chi connectivity index (χ0) is 17.3. The van der Waals surface area contributed by atoms with Gasteiger partial charge < -0.3 is 23.7 Å². The van der Waals surface area contributed by atoms with E-state index in [9.17, 15) is 9.59 Å². The van der Waals surface area contributed by atoms with E-state index in [0.717, 1.165) is 0 Å². The predicted molar refractivity (Wildman–Crippen MR) is 73.8 cm³/mol. The lowest BCUT2D eigenvalue weighted by molar-refractivity contribution is -0.326. The second-order valence-electron chi connectivity index (χ2n) is 5.79. The SMILES string of the molecule is CC(=O)OC1C(OC(C)=O)[C@@]2(COC(C)(C)O2)OC[C@@H]1N=[N+]=[N-]. The molecule has 10 nitrogen and oxygen atoms in total. The molecule has 4 atom stereocenters. The summed E-state index contributed by atoms with van der Waals surface area (Å²) in [6, 6.07) is -0.855. The van der Waals surface area contributed by atoms with Gasteiger partial charge in [-0.15, -0.1) is 0 Å². The van der Waals surface area contributed by atoms with Gasteiger partial charge in [-0.05, 0) is 19.4 Å². The highest BCUT2D eigenvalue weighted by Crippen LogP contribution is 2.41. The molecule has 0 N–H and O–H groups in total. The lowest BCUT2D eigenvalue weighted by Gasteiger charge is -2.44. The van der Waals surface area contributed by atoms with Crippen molar-refractivity contribution in [3.05, 3.63) is 10.4 Å². The summed E-state index contributed by atoms with van der Waals surface area (Å²) in [6.07, 6.45) is -2.17. The Labute approximate surface area is 132 Å². The molecule has 2 unspecified atom stereocenters. The zero-order valence-electron chi connectivity index (χ0n) is 13.3. The summed E-state index contributed by atoms with van der Waals surface area (Å²) in [4.78, 5) is 25.6. The maximum atomic E-state index is 11.5. The quantitative estimate of drug-likeness (QED) is 0.327. The number of hydrogen-bond donors (Lipinski definition) is 0. The topological polar surface area (TPSA) is 129 Å². The van der Waals surface area contributed by atoms with E-state index < -0.39 is 41.8 Å². The van der Waals surface area contributed by atoms with Crippen LogP contribution in [0.2, 0.25) is 0 Å². The summed E-state index contributed by atoms with van der Waals surface area (Å²) in [5.41, 5.74) is 8.68. The molecule has 2 saturated heterocycles. The molecule has 2 heterocycles. The second-order valence-corrected chi connectivity index (χ2v) is 5.79. The molecule has 128 valence electrons. The number of nitrogens with zero attached hydrogens (tertiary/aromatic N) is 3. The van der Waals surface area contributed by atoms with Crippen LogP contribution in [0.15, 0.2) is 5.11 Å². The summed E-state index contributed by atoms with van der Waals surface area (Å²) in [5, 5.41) is 3.56. The molecule has 0 aromatic carbocycles. The van der Waals surface area contributed by atoms with Gasteiger partial charge in [-0.3, -0.25) is 9.59 Å². The number of esters is 2. The monoisotopic (exact) mass is 329 g/mol. The van der Waals surface area contributed by atoms with Crippen LogP contribution in [0.1, 0.15) is 27.7 Å². The minimum Gasteiger partial charge on any atom is -0.458 e. The predicted octanol–water partition coefficient (Wildman–Crippen LogP) is 1.04. The molecule has 2 fully saturated rings. The van der Waals surface area contributed by atoms with Crippen LogP contribution >= 0.6 is 0 Å². The van der Waals surface area contributed by atoms with E-state index in [1.54, 1.807) is 13.8 Å². The fraction of sp³-hybridized carbons (Fsp3) is 0.846. The summed E-state index contributed by atoms with van der Waals surface area (Å²) in [5.74, 6) is -3.63. The smallest absolute Gasteiger partial charge is 0.303 e. The van der Waals surface area contributed by atoms with Gasteiger partial charge in [0.1, 0.15) is 12.6 Å². The maximum Gasteiger partial charge on any atom is 0.303 e. The Bertz CT molecular complexity index is 546. The first-order valence-corrected chi connectivity index (χ1v) is 7.06. The molecule has 2 rings (SSSR count). The number of rotatable bonds is 3. The fourth-order valence-corrected chi connectivity index (χ4v) is 2.65. The van der Waals surface area contributed by atoms with Gasteiger partial charge in [0.2, 0.25) is 5.79 Å². The molecule has 0 radical (unpaired) electrons.